The molecule has 3 N–H and O–H groups in total. The van der Waals surface area contributed by atoms with Crippen LogP contribution >= 0.6 is 0 Å². The first-order valence-electron chi connectivity index (χ1n) is 9.62. The fourth-order valence-electron chi connectivity index (χ4n) is 3.49. The number of aliphatic imine (C=N–C) groups is 1. The van der Waals surface area contributed by atoms with Crippen LogP contribution in [0, 0.1) is 11.7 Å². The maximum atomic E-state index is 13.3. The monoisotopic (exact) mass is 359 g/mol. The Morgan fingerprint density at radius 3 is 2.88 bits per heavy atom. The number of fused-ring (bicyclic) bond motifs is 1. The summed E-state index contributed by atoms with van der Waals surface area (Å²) in [6, 6.07) is 4.90. The van der Waals surface area contributed by atoms with Crippen molar-refractivity contribution in [1.82, 2.24) is 20.5 Å². The van der Waals surface area contributed by atoms with Crippen LogP contribution in [0.2, 0.25) is 0 Å². The molecule has 0 radical (unpaired) electrons. The minimum atomic E-state index is -0.209. The lowest BCUT2D eigenvalue weighted by molar-refractivity contribution is 0.223. The highest BCUT2D eigenvalue weighted by Gasteiger charge is 2.16. The summed E-state index contributed by atoms with van der Waals surface area (Å²) in [5, 5.41) is 7.84. The van der Waals surface area contributed by atoms with Gasteiger partial charge in [-0.05, 0) is 76.0 Å². The molecule has 1 saturated heterocycles. The topological polar surface area (TPSA) is 55.5 Å². The fraction of sp³-hybridized carbons (Fsp3) is 0.550. The van der Waals surface area contributed by atoms with Crippen LogP contribution in [-0.4, -0.2) is 55.6 Å². The lowest BCUT2D eigenvalue weighted by Gasteiger charge is -2.28. The molecule has 1 aliphatic rings. The Kier molecular flexibility index (Phi) is 6.50. The third-order valence-electron chi connectivity index (χ3n) is 5.11. The first-order valence-corrected chi connectivity index (χ1v) is 9.62. The van der Waals surface area contributed by atoms with E-state index >= 15 is 0 Å². The van der Waals surface area contributed by atoms with E-state index in [4.69, 9.17) is 4.99 Å². The average Bonchev–Trinajstić information content (AvgIpc) is 3.03. The van der Waals surface area contributed by atoms with Gasteiger partial charge in [-0.2, -0.15) is 0 Å². The van der Waals surface area contributed by atoms with Crippen molar-refractivity contribution in [2.45, 2.75) is 26.2 Å². The van der Waals surface area contributed by atoms with E-state index < -0.39 is 0 Å². The molecule has 5 nitrogen and oxygen atoms in total. The van der Waals surface area contributed by atoms with Gasteiger partial charge < -0.3 is 20.5 Å². The van der Waals surface area contributed by atoms with Gasteiger partial charge in [-0.1, -0.05) is 0 Å². The molecule has 6 heteroatoms. The van der Waals surface area contributed by atoms with Gasteiger partial charge in [0.25, 0.3) is 0 Å². The summed E-state index contributed by atoms with van der Waals surface area (Å²) in [4.78, 5) is 10.3. The second-order valence-electron chi connectivity index (χ2n) is 7.15. The summed E-state index contributed by atoms with van der Waals surface area (Å²) in [7, 11) is 2.18. The van der Waals surface area contributed by atoms with Crippen molar-refractivity contribution in [3.8, 4) is 0 Å². The summed E-state index contributed by atoms with van der Waals surface area (Å²) in [6.45, 7) is 6.96. The number of nitrogens with one attached hydrogen (secondary N) is 3. The third kappa shape index (κ3) is 4.97. The molecule has 0 bridgehead atoms. The van der Waals surface area contributed by atoms with Gasteiger partial charge in [0, 0.05) is 36.7 Å². The van der Waals surface area contributed by atoms with Gasteiger partial charge in [0.1, 0.15) is 5.82 Å². The van der Waals surface area contributed by atoms with Crippen molar-refractivity contribution in [3.05, 3.63) is 35.8 Å². The molecule has 0 spiro atoms. The molecule has 1 fully saturated rings. The van der Waals surface area contributed by atoms with Crippen molar-refractivity contribution in [2.24, 2.45) is 10.9 Å². The molecule has 1 aromatic carbocycles. The second kappa shape index (κ2) is 9.03. The molecule has 0 amide bonds. The first kappa shape index (κ1) is 18.7. The Balaban J connectivity index is 1.52. The van der Waals surface area contributed by atoms with Crippen LogP contribution < -0.4 is 10.6 Å². The van der Waals surface area contributed by atoms with Crippen LogP contribution in [0.4, 0.5) is 4.39 Å². The summed E-state index contributed by atoms with van der Waals surface area (Å²) in [5.41, 5.74) is 2.04. The van der Waals surface area contributed by atoms with Gasteiger partial charge in [-0.15, -0.1) is 0 Å². The smallest absolute Gasteiger partial charge is 0.191 e. The van der Waals surface area contributed by atoms with Crippen LogP contribution in [0.1, 0.15) is 25.3 Å². The standard InChI is InChI=1S/C20H30FN5/c1-3-22-20(25-13-15-7-10-26(2)11-8-15)23-9-6-16-14-24-19-12-17(21)4-5-18(16)19/h4-5,12,14-15,24H,3,6-11,13H2,1-2H3,(H2,22,23,25). The minimum Gasteiger partial charge on any atom is -0.361 e. The normalized spacial score (nSPS) is 17.0. The van der Waals surface area contributed by atoms with E-state index in [2.05, 4.69) is 34.5 Å². The second-order valence-corrected chi connectivity index (χ2v) is 7.15. The first-order chi connectivity index (χ1) is 12.7. The maximum Gasteiger partial charge on any atom is 0.191 e. The number of halogens is 1. The van der Waals surface area contributed by atoms with E-state index in [1.54, 1.807) is 6.07 Å². The SMILES string of the molecule is CCNC(=NCC1CCN(C)CC1)NCCc1c[nH]c2cc(F)ccc12. The van der Waals surface area contributed by atoms with E-state index in [1.807, 2.05) is 12.3 Å². The molecule has 0 atom stereocenters. The number of H-pyrrole nitrogens is 1. The summed E-state index contributed by atoms with van der Waals surface area (Å²) in [6.07, 6.45) is 5.29. The summed E-state index contributed by atoms with van der Waals surface area (Å²) >= 11 is 0. The molecule has 142 valence electrons. The molecule has 2 heterocycles. The lowest BCUT2D eigenvalue weighted by Crippen LogP contribution is -2.39. The molecule has 3 rings (SSSR count). The Morgan fingerprint density at radius 1 is 1.31 bits per heavy atom. The van der Waals surface area contributed by atoms with Gasteiger partial charge in [0.15, 0.2) is 5.96 Å². The number of piperidine rings is 1. The summed E-state index contributed by atoms with van der Waals surface area (Å²) < 4.78 is 13.3. The number of benzene rings is 1. The van der Waals surface area contributed by atoms with Crippen molar-refractivity contribution < 1.29 is 4.39 Å². The van der Waals surface area contributed by atoms with E-state index in [9.17, 15) is 4.39 Å². The van der Waals surface area contributed by atoms with E-state index in [0.29, 0.717) is 5.92 Å². The van der Waals surface area contributed by atoms with Crippen molar-refractivity contribution in [3.63, 3.8) is 0 Å². The average molecular weight is 359 g/mol. The number of likely N-dealkylation sites (tertiary alicyclic amines) is 1. The van der Waals surface area contributed by atoms with Crippen molar-refractivity contribution in [2.75, 3.05) is 39.8 Å². The molecule has 1 aromatic heterocycles. The molecule has 2 aromatic rings. The predicted octanol–water partition coefficient (Wildman–Crippen LogP) is 2.75. The molecule has 26 heavy (non-hydrogen) atoms. The lowest BCUT2D eigenvalue weighted by atomic mass is 9.97. The largest absolute Gasteiger partial charge is 0.361 e. The van der Waals surface area contributed by atoms with Gasteiger partial charge in [-0.3, -0.25) is 4.99 Å². The highest BCUT2D eigenvalue weighted by Crippen LogP contribution is 2.19. The number of aromatic amines is 1. The molecule has 0 saturated carbocycles. The highest BCUT2D eigenvalue weighted by atomic mass is 19.1. The van der Waals surface area contributed by atoms with Gasteiger partial charge >= 0.3 is 0 Å². The predicted molar refractivity (Wildman–Crippen MR) is 106 cm³/mol. The quantitative estimate of drug-likeness (QED) is 0.549. The summed E-state index contributed by atoms with van der Waals surface area (Å²) in [5.74, 6) is 1.36. The number of guanidine groups is 1. The Labute approximate surface area is 155 Å². The maximum absolute atomic E-state index is 13.3. The molecule has 1 aliphatic heterocycles. The van der Waals surface area contributed by atoms with Crippen molar-refractivity contribution in [1.29, 1.82) is 0 Å². The Hall–Kier alpha value is -2.08. The zero-order chi connectivity index (χ0) is 18.4. The van der Waals surface area contributed by atoms with Crippen LogP contribution in [0.25, 0.3) is 10.9 Å². The van der Waals surface area contributed by atoms with Gasteiger partial charge in [0.05, 0.1) is 0 Å². The number of rotatable bonds is 6. The Morgan fingerprint density at radius 2 is 2.12 bits per heavy atom. The number of nitrogens with zero attached hydrogens (tertiary/aromatic N) is 2. The van der Waals surface area contributed by atoms with Crippen LogP contribution in [0.15, 0.2) is 29.4 Å². The number of hydrogen-bond donors (Lipinski definition) is 3. The zero-order valence-corrected chi connectivity index (χ0v) is 15.8. The van der Waals surface area contributed by atoms with Crippen LogP contribution in [0.3, 0.4) is 0 Å². The van der Waals surface area contributed by atoms with Crippen LogP contribution in [-0.2, 0) is 6.42 Å². The van der Waals surface area contributed by atoms with Gasteiger partial charge in [0.2, 0.25) is 0 Å². The van der Waals surface area contributed by atoms with Crippen molar-refractivity contribution >= 4 is 16.9 Å². The van der Waals surface area contributed by atoms with Crippen LogP contribution in [0.5, 0.6) is 0 Å². The van der Waals surface area contributed by atoms with E-state index in [0.717, 1.165) is 42.9 Å². The molecular weight excluding hydrogens is 329 g/mol. The van der Waals surface area contributed by atoms with E-state index in [1.165, 1.54) is 37.6 Å². The molecule has 0 unspecified atom stereocenters. The minimum absolute atomic E-state index is 0.209. The highest BCUT2D eigenvalue weighted by molar-refractivity contribution is 5.83. The number of hydrogen-bond acceptors (Lipinski definition) is 2. The van der Waals surface area contributed by atoms with Gasteiger partial charge in [-0.25, -0.2) is 4.39 Å². The molecule has 0 aliphatic carbocycles. The number of aromatic nitrogens is 1. The third-order valence-corrected chi connectivity index (χ3v) is 5.11. The Bertz CT molecular complexity index is 731. The zero-order valence-electron chi connectivity index (χ0n) is 15.8. The molecular formula is C20H30FN5. The fourth-order valence-corrected chi connectivity index (χ4v) is 3.49. The van der Waals surface area contributed by atoms with E-state index in [-0.39, 0.29) is 5.82 Å².